The number of carbonyl (C=O) groups is 1. The standard InChI is InChI=1S/C19H16ClNOS/c1-12-6-7-15-16(10-12)23-18(17(15)20)19(22)21-9-8-13-4-2-3-5-14(13)11-21/h2-7,10H,8-9,11H2,1H3. The van der Waals surface area contributed by atoms with Crippen LogP contribution in [0.4, 0.5) is 0 Å². The molecule has 0 radical (unpaired) electrons. The second-order valence-corrected chi connectivity index (χ2v) is 7.42. The third-order valence-electron chi connectivity index (χ3n) is 4.40. The summed E-state index contributed by atoms with van der Waals surface area (Å²) in [5, 5.41) is 1.57. The Morgan fingerprint density at radius 3 is 2.78 bits per heavy atom. The summed E-state index contributed by atoms with van der Waals surface area (Å²) < 4.78 is 1.08. The van der Waals surface area contributed by atoms with Crippen molar-refractivity contribution in [1.82, 2.24) is 4.90 Å². The van der Waals surface area contributed by atoms with E-state index in [4.69, 9.17) is 11.6 Å². The molecule has 1 aliphatic rings. The van der Waals surface area contributed by atoms with Crippen LogP contribution in [0.1, 0.15) is 26.4 Å². The first-order valence-corrected chi connectivity index (χ1v) is 8.87. The molecule has 0 aliphatic carbocycles. The number of amides is 1. The molecule has 2 heterocycles. The number of aryl methyl sites for hydroxylation is 1. The van der Waals surface area contributed by atoms with Crippen LogP contribution in [0, 0.1) is 6.92 Å². The Kier molecular flexibility index (Phi) is 3.63. The fraction of sp³-hybridized carbons (Fsp3) is 0.211. The molecule has 0 saturated heterocycles. The average Bonchev–Trinajstić information content (AvgIpc) is 2.89. The molecule has 0 atom stereocenters. The van der Waals surface area contributed by atoms with Gasteiger partial charge in [0, 0.05) is 23.2 Å². The van der Waals surface area contributed by atoms with Crippen LogP contribution in [0.3, 0.4) is 0 Å². The number of rotatable bonds is 1. The second kappa shape index (κ2) is 5.66. The van der Waals surface area contributed by atoms with Crippen molar-refractivity contribution in [3.8, 4) is 0 Å². The van der Waals surface area contributed by atoms with Crippen LogP contribution in [0.5, 0.6) is 0 Å². The number of hydrogen-bond donors (Lipinski definition) is 0. The van der Waals surface area contributed by atoms with Gasteiger partial charge in [0.25, 0.3) is 5.91 Å². The molecule has 0 fully saturated rings. The highest BCUT2D eigenvalue weighted by molar-refractivity contribution is 7.21. The lowest BCUT2D eigenvalue weighted by molar-refractivity contribution is 0.0740. The number of fused-ring (bicyclic) bond motifs is 2. The van der Waals surface area contributed by atoms with Gasteiger partial charge in [0.15, 0.2) is 0 Å². The van der Waals surface area contributed by atoms with Gasteiger partial charge in [0.1, 0.15) is 4.88 Å². The third kappa shape index (κ3) is 2.54. The monoisotopic (exact) mass is 341 g/mol. The first kappa shape index (κ1) is 14.7. The zero-order valence-electron chi connectivity index (χ0n) is 12.8. The van der Waals surface area contributed by atoms with Crippen LogP contribution < -0.4 is 0 Å². The Bertz CT molecular complexity index is 915. The highest BCUT2D eigenvalue weighted by Crippen LogP contribution is 2.37. The molecule has 2 nitrogen and oxygen atoms in total. The minimum absolute atomic E-state index is 0.0448. The van der Waals surface area contributed by atoms with Gasteiger partial charge in [0.05, 0.1) is 5.02 Å². The minimum Gasteiger partial charge on any atom is -0.333 e. The molecule has 0 bridgehead atoms. The Morgan fingerprint density at radius 2 is 1.96 bits per heavy atom. The van der Waals surface area contributed by atoms with Crippen molar-refractivity contribution in [1.29, 1.82) is 0 Å². The number of thiophene rings is 1. The van der Waals surface area contributed by atoms with E-state index in [1.165, 1.54) is 28.0 Å². The molecule has 0 saturated carbocycles. The number of benzene rings is 2. The maximum Gasteiger partial charge on any atom is 0.265 e. The molecule has 0 spiro atoms. The molecule has 1 aliphatic heterocycles. The first-order valence-electron chi connectivity index (χ1n) is 7.68. The fourth-order valence-electron chi connectivity index (χ4n) is 3.12. The average molecular weight is 342 g/mol. The Balaban J connectivity index is 1.69. The molecule has 116 valence electrons. The Hall–Kier alpha value is -1.84. The predicted molar refractivity (Wildman–Crippen MR) is 96.5 cm³/mol. The largest absolute Gasteiger partial charge is 0.333 e. The van der Waals surface area contributed by atoms with Crippen LogP contribution in [-0.2, 0) is 13.0 Å². The quantitative estimate of drug-likeness (QED) is 0.605. The number of nitrogens with zero attached hydrogens (tertiary/aromatic N) is 1. The normalized spacial score (nSPS) is 14.1. The van der Waals surface area contributed by atoms with Gasteiger partial charge in [-0.2, -0.15) is 0 Å². The highest BCUT2D eigenvalue weighted by Gasteiger charge is 2.25. The molecular formula is C19H16ClNOS. The van der Waals surface area contributed by atoms with Gasteiger partial charge in [-0.15, -0.1) is 11.3 Å². The molecule has 4 heteroatoms. The van der Waals surface area contributed by atoms with E-state index >= 15 is 0 Å². The third-order valence-corrected chi connectivity index (χ3v) is 6.04. The minimum atomic E-state index is 0.0448. The molecule has 0 N–H and O–H groups in total. The van der Waals surface area contributed by atoms with Crippen molar-refractivity contribution >= 4 is 38.9 Å². The first-order chi connectivity index (χ1) is 11.1. The molecule has 23 heavy (non-hydrogen) atoms. The molecule has 0 unspecified atom stereocenters. The summed E-state index contributed by atoms with van der Waals surface area (Å²) in [4.78, 5) is 15.5. The Morgan fingerprint density at radius 1 is 1.17 bits per heavy atom. The zero-order chi connectivity index (χ0) is 16.0. The van der Waals surface area contributed by atoms with Crippen molar-refractivity contribution in [2.75, 3.05) is 6.54 Å². The maximum atomic E-state index is 12.9. The molecular weight excluding hydrogens is 326 g/mol. The number of carbonyl (C=O) groups excluding carboxylic acids is 1. The van der Waals surface area contributed by atoms with Gasteiger partial charge in [-0.25, -0.2) is 0 Å². The van der Waals surface area contributed by atoms with Gasteiger partial charge in [-0.05, 0) is 36.1 Å². The van der Waals surface area contributed by atoms with Gasteiger partial charge < -0.3 is 4.90 Å². The van der Waals surface area contributed by atoms with Gasteiger partial charge in [-0.1, -0.05) is 48.0 Å². The summed E-state index contributed by atoms with van der Waals surface area (Å²) in [6.45, 7) is 3.47. The number of hydrogen-bond acceptors (Lipinski definition) is 2. The SMILES string of the molecule is Cc1ccc2c(Cl)c(C(=O)N3CCc4ccccc4C3)sc2c1. The molecule has 1 amide bonds. The smallest absolute Gasteiger partial charge is 0.265 e. The van der Waals surface area contributed by atoms with Crippen LogP contribution in [-0.4, -0.2) is 17.4 Å². The zero-order valence-corrected chi connectivity index (χ0v) is 14.4. The van der Waals surface area contributed by atoms with E-state index in [9.17, 15) is 4.79 Å². The van der Waals surface area contributed by atoms with Crippen molar-refractivity contribution in [3.05, 3.63) is 69.1 Å². The van der Waals surface area contributed by atoms with E-state index in [2.05, 4.69) is 31.2 Å². The van der Waals surface area contributed by atoms with Crippen molar-refractivity contribution < 1.29 is 4.79 Å². The lowest BCUT2D eigenvalue weighted by Crippen LogP contribution is -2.35. The Labute approximate surface area is 144 Å². The van der Waals surface area contributed by atoms with E-state index in [0.717, 1.165) is 23.1 Å². The van der Waals surface area contributed by atoms with Crippen molar-refractivity contribution in [2.24, 2.45) is 0 Å². The predicted octanol–water partition coefficient (Wildman–Crippen LogP) is 5.06. The van der Waals surface area contributed by atoms with E-state index in [-0.39, 0.29) is 5.91 Å². The van der Waals surface area contributed by atoms with Crippen LogP contribution in [0.2, 0.25) is 5.02 Å². The molecule has 4 rings (SSSR count). The van der Waals surface area contributed by atoms with Crippen LogP contribution >= 0.6 is 22.9 Å². The summed E-state index contributed by atoms with van der Waals surface area (Å²) in [5.41, 5.74) is 3.76. The molecule has 2 aromatic carbocycles. The van der Waals surface area contributed by atoms with Crippen LogP contribution in [0.15, 0.2) is 42.5 Å². The summed E-state index contributed by atoms with van der Waals surface area (Å²) in [7, 11) is 0. The fourth-order valence-corrected chi connectivity index (χ4v) is 4.70. The van der Waals surface area contributed by atoms with Gasteiger partial charge >= 0.3 is 0 Å². The van der Waals surface area contributed by atoms with E-state index in [1.807, 2.05) is 23.1 Å². The summed E-state index contributed by atoms with van der Waals surface area (Å²) >= 11 is 7.98. The highest BCUT2D eigenvalue weighted by atomic mass is 35.5. The van der Waals surface area contributed by atoms with E-state index in [1.54, 1.807) is 0 Å². The summed E-state index contributed by atoms with van der Waals surface area (Å²) in [5.74, 6) is 0.0448. The lowest BCUT2D eigenvalue weighted by atomic mass is 10.00. The number of halogens is 1. The summed E-state index contributed by atoms with van der Waals surface area (Å²) in [6, 6.07) is 14.5. The van der Waals surface area contributed by atoms with Crippen LogP contribution in [0.25, 0.3) is 10.1 Å². The van der Waals surface area contributed by atoms with Gasteiger partial charge in [0.2, 0.25) is 0 Å². The molecule has 1 aromatic heterocycles. The van der Waals surface area contributed by atoms with Gasteiger partial charge in [-0.3, -0.25) is 4.79 Å². The second-order valence-electron chi connectivity index (χ2n) is 5.99. The van der Waals surface area contributed by atoms with Crippen molar-refractivity contribution in [3.63, 3.8) is 0 Å². The lowest BCUT2D eigenvalue weighted by Gasteiger charge is -2.28. The van der Waals surface area contributed by atoms with Crippen molar-refractivity contribution in [2.45, 2.75) is 19.9 Å². The van der Waals surface area contributed by atoms with E-state index in [0.29, 0.717) is 16.4 Å². The molecule has 3 aromatic rings. The summed E-state index contributed by atoms with van der Waals surface area (Å²) in [6.07, 6.45) is 0.906. The topological polar surface area (TPSA) is 20.3 Å². The maximum absolute atomic E-state index is 12.9. The van der Waals surface area contributed by atoms with E-state index < -0.39 is 0 Å².